The van der Waals surface area contributed by atoms with E-state index in [0.29, 0.717) is 17.0 Å². The summed E-state index contributed by atoms with van der Waals surface area (Å²) in [6.07, 6.45) is -1.03. The lowest BCUT2D eigenvalue weighted by atomic mass is 9.91. The lowest BCUT2D eigenvalue weighted by Crippen LogP contribution is -2.45. The van der Waals surface area contributed by atoms with Crippen LogP contribution in [0.1, 0.15) is 47.1 Å². The van der Waals surface area contributed by atoms with Crippen molar-refractivity contribution in [2.75, 3.05) is 11.1 Å². The number of sulfonamides is 1. The quantitative estimate of drug-likeness (QED) is 0.107. The molecule has 1 aliphatic heterocycles. The van der Waals surface area contributed by atoms with Gasteiger partial charge in [-0.2, -0.15) is 4.72 Å². The largest absolute Gasteiger partial charge is 0.392 e. The Balaban J connectivity index is 1.24. The monoisotopic (exact) mass is 722 g/mol. The highest BCUT2D eigenvalue weighted by Gasteiger charge is 2.38. The van der Waals surface area contributed by atoms with E-state index < -0.39 is 28.3 Å². The van der Waals surface area contributed by atoms with Gasteiger partial charge in [0.2, 0.25) is 15.9 Å². The predicted molar refractivity (Wildman–Crippen MR) is 201 cm³/mol. The van der Waals surface area contributed by atoms with E-state index in [4.69, 9.17) is 9.47 Å². The van der Waals surface area contributed by atoms with Crippen LogP contribution in [0.2, 0.25) is 0 Å². The minimum atomic E-state index is -4.00. The van der Waals surface area contributed by atoms with Crippen molar-refractivity contribution in [3.8, 4) is 0 Å². The third kappa shape index (κ3) is 9.53. The number of carbonyl (C=O) groups excluding carboxylic acids is 1. The van der Waals surface area contributed by atoms with Crippen LogP contribution < -0.4 is 10.0 Å². The van der Waals surface area contributed by atoms with E-state index in [1.165, 1.54) is 12.1 Å². The zero-order valence-corrected chi connectivity index (χ0v) is 30.1. The van der Waals surface area contributed by atoms with E-state index in [9.17, 15) is 18.3 Å². The number of amides is 1. The molecule has 1 fully saturated rings. The molecule has 0 spiro atoms. The molecule has 3 N–H and O–H groups in total. The summed E-state index contributed by atoms with van der Waals surface area (Å²) in [6, 6.07) is 40.0. The Morgan fingerprint density at radius 3 is 2.18 bits per heavy atom. The number of anilines is 1. The van der Waals surface area contributed by atoms with Crippen LogP contribution in [0.15, 0.2) is 143 Å². The molecule has 1 saturated heterocycles. The number of thioether (sulfide) groups is 1. The summed E-state index contributed by atoms with van der Waals surface area (Å²) in [5.41, 5.74) is 4.74. The molecule has 0 saturated carbocycles. The zero-order valence-electron chi connectivity index (χ0n) is 28.5. The van der Waals surface area contributed by atoms with Gasteiger partial charge in [0, 0.05) is 27.8 Å². The number of aryl methyl sites for hydroxylation is 1. The average Bonchev–Trinajstić information content (AvgIpc) is 3.15. The third-order valence-corrected chi connectivity index (χ3v) is 11.5. The van der Waals surface area contributed by atoms with E-state index >= 15 is 0 Å². The number of aliphatic hydroxyl groups is 1. The minimum absolute atomic E-state index is 0.0145. The first kappa shape index (κ1) is 36.5. The lowest BCUT2D eigenvalue weighted by Gasteiger charge is -2.41. The predicted octanol–water partition coefficient (Wildman–Crippen LogP) is 7.60. The Morgan fingerprint density at radius 1 is 0.804 bits per heavy atom. The van der Waals surface area contributed by atoms with Crippen LogP contribution in [0.25, 0.3) is 0 Å². The zero-order chi connectivity index (χ0) is 35.8. The van der Waals surface area contributed by atoms with Gasteiger partial charge in [0.15, 0.2) is 6.29 Å². The minimum Gasteiger partial charge on any atom is -0.392 e. The van der Waals surface area contributed by atoms with Gasteiger partial charge < -0.3 is 19.9 Å². The fourth-order valence-corrected chi connectivity index (χ4v) is 8.29. The normalized spacial score (nSPS) is 19.7. The molecule has 0 aliphatic carbocycles. The molecular weight excluding hydrogens is 681 g/mol. The van der Waals surface area contributed by atoms with Gasteiger partial charge in [-0.3, -0.25) is 4.79 Å². The van der Waals surface area contributed by atoms with Gasteiger partial charge in [-0.25, -0.2) is 8.42 Å². The van der Waals surface area contributed by atoms with Crippen molar-refractivity contribution in [2.24, 2.45) is 5.92 Å². The summed E-state index contributed by atoms with van der Waals surface area (Å²) in [7, 11) is -4.00. The van der Waals surface area contributed by atoms with Gasteiger partial charge in [-0.15, -0.1) is 11.8 Å². The fourth-order valence-electron chi connectivity index (χ4n) is 6.01. The Kier molecular flexibility index (Phi) is 12.0. The molecule has 5 aromatic carbocycles. The van der Waals surface area contributed by atoms with Gasteiger partial charge in [-0.1, -0.05) is 110 Å². The van der Waals surface area contributed by atoms with Crippen molar-refractivity contribution in [2.45, 2.75) is 61.2 Å². The molecule has 0 aromatic heterocycles. The highest BCUT2D eigenvalue weighted by atomic mass is 32.2. The molecule has 8 nitrogen and oxygen atoms in total. The SMILES string of the molecule is Cc1ccc(S(=O)(=O)NC(Cc2ccccc2)C(=O)Nc2cccc(C3OC(CSc4ccccc4)C(C)C(c4ccc(CO)cc4)O3)c2)cc1. The van der Waals surface area contributed by atoms with Crippen LogP contribution in [0.5, 0.6) is 0 Å². The molecule has 0 radical (unpaired) electrons. The Morgan fingerprint density at radius 2 is 1.49 bits per heavy atom. The number of hydrogen-bond donors (Lipinski definition) is 3. The average molecular weight is 723 g/mol. The number of rotatable bonds is 13. The Hall–Kier alpha value is -4.29. The molecule has 6 rings (SSSR count). The standard InChI is InChI=1S/C41H42N2O6S2/c1-28-16-22-36(23-17-28)51(46,47)43-37(24-30-10-5-3-6-11-30)40(45)42-34-13-9-12-33(25-34)41-48-38(27-50-35-14-7-4-8-15-35)29(2)39(49-41)32-20-18-31(26-44)19-21-32/h3-23,25,29,37-39,41,43-44H,24,26-27H2,1-2H3,(H,42,45). The van der Waals surface area contributed by atoms with E-state index in [1.54, 1.807) is 36.0 Å². The molecule has 1 heterocycles. The van der Waals surface area contributed by atoms with Crippen LogP contribution in [-0.2, 0) is 37.3 Å². The topological polar surface area (TPSA) is 114 Å². The number of hydrogen-bond acceptors (Lipinski definition) is 7. The van der Waals surface area contributed by atoms with Crippen molar-refractivity contribution < 1.29 is 27.8 Å². The maximum Gasteiger partial charge on any atom is 0.242 e. The highest BCUT2D eigenvalue weighted by Crippen LogP contribution is 2.43. The van der Waals surface area contributed by atoms with Crippen molar-refractivity contribution in [1.82, 2.24) is 4.72 Å². The van der Waals surface area contributed by atoms with Gasteiger partial charge in [0.05, 0.1) is 23.7 Å². The van der Waals surface area contributed by atoms with Crippen molar-refractivity contribution in [1.29, 1.82) is 0 Å². The lowest BCUT2D eigenvalue weighted by molar-refractivity contribution is -0.268. The number of benzene rings is 5. The van der Waals surface area contributed by atoms with Crippen molar-refractivity contribution >= 4 is 33.4 Å². The summed E-state index contributed by atoms with van der Waals surface area (Å²) >= 11 is 1.72. The van der Waals surface area contributed by atoms with E-state index in [1.807, 2.05) is 91.9 Å². The molecule has 51 heavy (non-hydrogen) atoms. The fraction of sp³-hybridized carbons (Fsp3) is 0.244. The maximum absolute atomic E-state index is 13.9. The van der Waals surface area contributed by atoms with Gasteiger partial charge in [0.25, 0.3) is 0 Å². The van der Waals surface area contributed by atoms with Crippen LogP contribution in [0.4, 0.5) is 5.69 Å². The van der Waals surface area contributed by atoms with E-state index in [0.717, 1.165) is 27.1 Å². The van der Waals surface area contributed by atoms with Gasteiger partial charge in [0.1, 0.15) is 6.04 Å². The van der Waals surface area contributed by atoms with Gasteiger partial charge in [-0.05, 0) is 66.4 Å². The number of carbonyl (C=O) groups is 1. The molecule has 5 unspecified atom stereocenters. The van der Waals surface area contributed by atoms with E-state index in [-0.39, 0.29) is 36.0 Å². The second-order valence-corrected chi connectivity index (χ2v) is 15.5. The van der Waals surface area contributed by atoms with Crippen molar-refractivity contribution in [3.05, 3.63) is 161 Å². The smallest absolute Gasteiger partial charge is 0.242 e. The number of nitrogens with one attached hydrogen (secondary N) is 2. The molecule has 1 aliphatic rings. The Bertz CT molecular complexity index is 1990. The Labute approximate surface area is 304 Å². The first-order valence-electron chi connectivity index (χ1n) is 16.9. The summed E-state index contributed by atoms with van der Waals surface area (Å²) in [5, 5.41) is 12.5. The molecule has 1 amide bonds. The van der Waals surface area contributed by atoms with E-state index in [2.05, 4.69) is 29.1 Å². The van der Waals surface area contributed by atoms with Crippen LogP contribution >= 0.6 is 11.8 Å². The summed E-state index contributed by atoms with van der Waals surface area (Å²) in [6.45, 7) is 3.96. The molecule has 5 aromatic rings. The van der Waals surface area contributed by atoms with Crippen LogP contribution in [0, 0.1) is 12.8 Å². The first-order valence-corrected chi connectivity index (χ1v) is 19.4. The number of ether oxygens (including phenoxy) is 2. The van der Waals surface area contributed by atoms with Crippen molar-refractivity contribution in [3.63, 3.8) is 0 Å². The molecule has 264 valence electrons. The summed E-state index contributed by atoms with van der Waals surface area (Å²) in [4.78, 5) is 15.1. The van der Waals surface area contributed by atoms with Gasteiger partial charge >= 0.3 is 0 Å². The third-order valence-electron chi connectivity index (χ3n) is 8.94. The first-order chi connectivity index (χ1) is 24.7. The van der Waals surface area contributed by atoms with Crippen LogP contribution in [0.3, 0.4) is 0 Å². The highest BCUT2D eigenvalue weighted by molar-refractivity contribution is 7.99. The second-order valence-electron chi connectivity index (χ2n) is 12.7. The molecular formula is C41H42N2O6S2. The molecule has 0 bridgehead atoms. The number of aliphatic hydroxyl groups excluding tert-OH is 1. The summed E-state index contributed by atoms with van der Waals surface area (Å²) in [5.74, 6) is 0.222. The second kappa shape index (κ2) is 16.8. The molecule has 10 heteroatoms. The molecule has 5 atom stereocenters. The summed E-state index contributed by atoms with van der Waals surface area (Å²) < 4.78 is 42.7. The van der Waals surface area contributed by atoms with Crippen LogP contribution in [-0.4, -0.2) is 37.3 Å². The maximum atomic E-state index is 13.9.